The van der Waals surface area contributed by atoms with E-state index < -0.39 is 24.2 Å². The third kappa shape index (κ3) is 2.24. The van der Waals surface area contributed by atoms with Gasteiger partial charge in [-0.2, -0.15) is 0 Å². The van der Waals surface area contributed by atoms with Crippen LogP contribution in [0.15, 0.2) is 18.2 Å². The molecular formula is C14H17F2NO3. The van der Waals surface area contributed by atoms with Crippen LogP contribution < -0.4 is 0 Å². The first-order valence-corrected chi connectivity index (χ1v) is 6.39. The monoisotopic (exact) mass is 285 g/mol. The molecule has 1 heterocycles. The third-order valence-electron chi connectivity index (χ3n) is 3.95. The maximum Gasteiger partial charge on any atom is 0.407 e. The van der Waals surface area contributed by atoms with Gasteiger partial charge in [-0.1, -0.05) is 18.2 Å². The van der Waals surface area contributed by atoms with E-state index in [0.29, 0.717) is 17.5 Å². The molecule has 6 heteroatoms. The fraction of sp³-hybridized carbons (Fsp3) is 0.500. The van der Waals surface area contributed by atoms with E-state index in [9.17, 15) is 18.7 Å². The summed E-state index contributed by atoms with van der Waals surface area (Å²) >= 11 is 0. The molecule has 0 fully saturated rings. The molecule has 0 aliphatic carbocycles. The number of hydrogen-bond acceptors (Lipinski definition) is 2. The van der Waals surface area contributed by atoms with E-state index >= 15 is 0 Å². The number of aliphatic hydroxyl groups is 1. The van der Waals surface area contributed by atoms with Gasteiger partial charge in [-0.15, -0.1) is 0 Å². The summed E-state index contributed by atoms with van der Waals surface area (Å²) in [4.78, 5) is 12.4. The highest BCUT2D eigenvalue weighted by Gasteiger charge is 2.39. The van der Waals surface area contributed by atoms with E-state index in [2.05, 4.69) is 0 Å². The zero-order valence-electron chi connectivity index (χ0n) is 11.3. The summed E-state index contributed by atoms with van der Waals surface area (Å²) in [5.41, 5.74) is -0.738. The Labute approximate surface area is 115 Å². The van der Waals surface area contributed by atoms with E-state index in [-0.39, 0.29) is 12.1 Å². The first-order chi connectivity index (χ1) is 9.26. The van der Waals surface area contributed by atoms with Crippen molar-refractivity contribution in [3.63, 3.8) is 0 Å². The Morgan fingerprint density at radius 1 is 1.50 bits per heavy atom. The topological polar surface area (TPSA) is 60.8 Å². The van der Waals surface area contributed by atoms with Crippen LogP contribution in [-0.2, 0) is 12.0 Å². The van der Waals surface area contributed by atoms with Crippen LogP contribution in [0.1, 0.15) is 36.6 Å². The lowest BCUT2D eigenvalue weighted by Gasteiger charge is -2.36. The van der Waals surface area contributed by atoms with Crippen LogP contribution in [0.5, 0.6) is 0 Å². The summed E-state index contributed by atoms with van der Waals surface area (Å²) in [6.45, 7) is 3.04. The standard InChI is InChI=1S/C14H17F2NO3/c1-8-9-4-3-5-11(14(2,20)12(15)16)10(9)6-7-17(8)13(18)19/h3-5,8,12,20H,6-7H2,1-2H3,(H,18,19)/t8-,14?/m0/s1. The number of carboxylic acid groups (broad SMARTS) is 1. The Kier molecular flexibility index (Phi) is 3.69. The van der Waals surface area contributed by atoms with Crippen LogP contribution >= 0.6 is 0 Å². The van der Waals surface area contributed by atoms with Crippen LogP contribution in [-0.4, -0.2) is 34.2 Å². The van der Waals surface area contributed by atoms with Gasteiger partial charge in [-0.05, 0) is 37.0 Å². The second kappa shape index (κ2) is 5.01. The minimum atomic E-state index is -2.90. The number of alkyl halides is 2. The number of hydrogen-bond donors (Lipinski definition) is 2. The summed E-state index contributed by atoms with van der Waals surface area (Å²) in [6.07, 6.45) is -3.61. The number of halogens is 2. The molecule has 2 atom stereocenters. The number of benzene rings is 1. The average Bonchev–Trinajstić information content (AvgIpc) is 2.38. The summed E-state index contributed by atoms with van der Waals surface area (Å²) < 4.78 is 26.0. The fourth-order valence-electron chi connectivity index (χ4n) is 2.72. The van der Waals surface area contributed by atoms with E-state index in [1.807, 2.05) is 0 Å². The van der Waals surface area contributed by atoms with E-state index in [0.717, 1.165) is 6.92 Å². The molecule has 0 spiro atoms. The van der Waals surface area contributed by atoms with Crippen LogP contribution in [0.25, 0.3) is 0 Å². The molecule has 1 aliphatic heterocycles. The van der Waals surface area contributed by atoms with Crippen molar-refractivity contribution in [3.8, 4) is 0 Å². The Balaban J connectivity index is 2.50. The molecule has 0 saturated heterocycles. The first kappa shape index (κ1) is 14.7. The molecule has 2 N–H and O–H groups in total. The first-order valence-electron chi connectivity index (χ1n) is 6.39. The minimum absolute atomic E-state index is 0.182. The van der Waals surface area contributed by atoms with Crippen molar-refractivity contribution < 1.29 is 23.8 Å². The third-order valence-corrected chi connectivity index (χ3v) is 3.95. The lowest BCUT2D eigenvalue weighted by molar-refractivity contribution is -0.0890. The van der Waals surface area contributed by atoms with Crippen molar-refractivity contribution in [1.29, 1.82) is 0 Å². The molecule has 4 nitrogen and oxygen atoms in total. The van der Waals surface area contributed by atoms with E-state index in [4.69, 9.17) is 5.11 Å². The largest absolute Gasteiger partial charge is 0.465 e. The van der Waals surface area contributed by atoms with Gasteiger partial charge in [-0.25, -0.2) is 13.6 Å². The number of rotatable bonds is 2. The van der Waals surface area contributed by atoms with Crippen molar-refractivity contribution in [1.82, 2.24) is 4.90 Å². The second-order valence-electron chi connectivity index (χ2n) is 5.22. The van der Waals surface area contributed by atoms with Crippen molar-refractivity contribution in [2.75, 3.05) is 6.54 Å². The van der Waals surface area contributed by atoms with Gasteiger partial charge in [-0.3, -0.25) is 0 Å². The van der Waals surface area contributed by atoms with Crippen molar-refractivity contribution in [2.24, 2.45) is 0 Å². The molecule has 1 aliphatic rings. The molecule has 0 bridgehead atoms. The zero-order chi connectivity index (χ0) is 15.1. The van der Waals surface area contributed by atoms with Crippen LogP contribution in [0.4, 0.5) is 13.6 Å². The summed E-state index contributed by atoms with van der Waals surface area (Å²) in [6, 6.07) is 4.37. The fourth-order valence-corrected chi connectivity index (χ4v) is 2.72. The average molecular weight is 285 g/mol. The number of carbonyl (C=O) groups is 1. The molecule has 2 rings (SSSR count). The second-order valence-corrected chi connectivity index (χ2v) is 5.22. The lowest BCUT2D eigenvalue weighted by atomic mass is 9.83. The summed E-state index contributed by atoms with van der Waals surface area (Å²) in [7, 11) is 0. The Morgan fingerprint density at radius 2 is 2.15 bits per heavy atom. The quantitative estimate of drug-likeness (QED) is 0.878. The van der Waals surface area contributed by atoms with Gasteiger partial charge >= 0.3 is 6.09 Å². The molecular weight excluding hydrogens is 268 g/mol. The van der Waals surface area contributed by atoms with Gasteiger partial charge in [0.2, 0.25) is 0 Å². The maximum atomic E-state index is 13.0. The van der Waals surface area contributed by atoms with Gasteiger partial charge in [0.05, 0.1) is 6.04 Å². The smallest absolute Gasteiger partial charge is 0.407 e. The molecule has 1 aromatic rings. The van der Waals surface area contributed by atoms with Gasteiger partial charge < -0.3 is 15.1 Å². The summed E-state index contributed by atoms with van der Waals surface area (Å²) in [5, 5.41) is 19.1. The van der Waals surface area contributed by atoms with Crippen molar-refractivity contribution in [3.05, 3.63) is 34.9 Å². The molecule has 20 heavy (non-hydrogen) atoms. The summed E-state index contributed by atoms with van der Waals surface area (Å²) in [5.74, 6) is 0. The Morgan fingerprint density at radius 3 is 2.70 bits per heavy atom. The molecule has 1 aromatic carbocycles. The van der Waals surface area contributed by atoms with Gasteiger partial charge in [0.15, 0.2) is 0 Å². The zero-order valence-corrected chi connectivity index (χ0v) is 11.3. The molecule has 1 unspecified atom stereocenters. The highest BCUT2D eigenvalue weighted by atomic mass is 19.3. The molecule has 0 saturated carbocycles. The number of amides is 1. The van der Waals surface area contributed by atoms with Crippen LogP contribution in [0.2, 0.25) is 0 Å². The van der Waals surface area contributed by atoms with E-state index in [1.165, 1.54) is 11.0 Å². The van der Waals surface area contributed by atoms with Crippen molar-refractivity contribution >= 4 is 6.09 Å². The predicted octanol–water partition coefficient (Wildman–Crippen LogP) is 2.76. The number of fused-ring (bicyclic) bond motifs is 1. The SMILES string of the molecule is C[C@H]1c2cccc(C(C)(O)C(F)F)c2CCN1C(=O)O. The highest BCUT2D eigenvalue weighted by Crippen LogP contribution is 2.37. The van der Waals surface area contributed by atoms with Gasteiger partial charge in [0, 0.05) is 6.54 Å². The highest BCUT2D eigenvalue weighted by molar-refractivity contribution is 5.66. The maximum absolute atomic E-state index is 13.0. The van der Waals surface area contributed by atoms with E-state index in [1.54, 1.807) is 19.1 Å². The molecule has 0 aromatic heterocycles. The molecule has 0 radical (unpaired) electrons. The normalized spacial score (nSPS) is 21.5. The van der Waals surface area contributed by atoms with Gasteiger partial charge in [0.25, 0.3) is 6.43 Å². The lowest BCUT2D eigenvalue weighted by Crippen LogP contribution is -2.40. The van der Waals surface area contributed by atoms with Crippen molar-refractivity contribution in [2.45, 2.75) is 38.3 Å². The van der Waals surface area contributed by atoms with Crippen LogP contribution in [0, 0.1) is 0 Å². The molecule has 1 amide bonds. The minimum Gasteiger partial charge on any atom is -0.465 e. The molecule has 110 valence electrons. The predicted molar refractivity (Wildman–Crippen MR) is 68.9 cm³/mol. The van der Waals surface area contributed by atoms with Gasteiger partial charge in [0.1, 0.15) is 5.60 Å². The van der Waals surface area contributed by atoms with Crippen LogP contribution in [0.3, 0.4) is 0 Å². The Hall–Kier alpha value is -1.69. The Bertz CT molecular complexity index is 531. The number of nitrogens with zero attached hydrogens (tertiary/aromatic N) is 1.